The molecule has 1 saturated carbocycles. The van der Waals surface area contributed by atoms with Crippen LogP contribution in [0.15, 0.2) is 23.1 Å². The third kappa shape index (κ3) is 3.40. The molecule has 2 atom stereocenters. The molecule has 0 aliphatic heterocycles. The smallest absolute Gasteiger partial charge is 0.240 e. The van der Waals surface area contributed by atoms with Gasteiger partial charge in [0.2, 0.25) is 10.0 Å². The molecule has 0 bridgehead atoms. The molecular formula is C15H24N2O2S. The summed E-state index contributed by atoms with van der Waals surface area (Å²) in [5.74, 6) is 0.255. The summed E-state index contributed by atoms with van der Waals surface area (Å²) in [6.07, 6.45) is 4.10. The standard InChI is InChI=1S/C15H24N2O2S/c1-11-7-8-14(9-12(11)2)20(18,19)17-15-6-4-3-5-13(15)10-16/h7-9,13,15,17H,3-6,10,16H2,1-2H3. The predicted octanol–water partition coefficient (Wildman–Crippen LogP) is 2.10. The van der Waals surface area contributed by atoms with E-state index >= 15 is 0 Å². The Morgan fingerprint density at radius 3 is 2.55 bits per heavy atom. The van der Waals surface area contributed by atoms with Gasteiger partial charge in [0.25, 0.3) is 0 Å². The highest BCUT2D eigenvalue weighted by molar-refractivity contribution is 7.89. The third-order valence-electron chi connectivity index (χ3n) is 4.31. The Labute approximate surface area is 121 Å². The predicted molar refractivity (Wildman–Crippen MR) is 81.0 cm³/mol. The highest BCUT2D eigenvalue weighted by Crippen LogP contribution is 2.25. The van der Waals surface area contributed by atoms with Crippen LogP contribution in [0.2, 0.25) is 0 Å². The van der Waals surface area contributed by atoms with Crippen molar-refractivity contribution >= 4 is 10.0 Å². The molecule has 2 unspecified atom stereocenters. The molecule has 0 radical (unpaired) electrons. The van der Waals surface area contributed by atoms with Crippen molar-refractivity contribution < 1.29 is 8.42 Å². The van der Waals surface area contributed by atoms with Crippen LogP contribution < -0.4 is 10.5 Å². The van der Waals surface area contributed by atoms with Crippen LogP contribution in [0, 0.1) is 19.8 Å². The number of rotatable bonds is 4. The number of aryl methyl sites for hydroxylation is 2. The Hall–Kier alpha value is -0.910. The molecule has 2 rings (SSSR count). The zero-order chi connectivity index (χ0) is 14.8. The van der Waals surface area contributed by atoms with Gasteiger partial charge in [-0.2, -0.15) is 0 Å². The summed E-state index contributed by atoms with van der Waals surface area (Å²) < 4.78 is 27.8. The summed E-state index contributed by atoms with van der Waals surface area (Å²) in [6.45, 7) is 4.45. The molecule has 4 nitrogen and oxygen atoms in total. The van der Waals surface area contributed by atoms with Gasteiger partial charge in [-0.05, 0) is 62.4 Å². The van der Waals surface area contributed by atoms with E-state index in [4.69, 9.17) is 5.73 Å². The normalized spacial score (nSPS) is 23.8. The van der Waals surface area contributed by atoms with Gasteiger partial charge >= 0.3 is 0 Å². The van der Waals surface area contributed by atoms with Crippen LogP contribution in [-0.2, 0) is 10.0 Å². The zero-order valence-corrected chi connectivity index (χ0v) is 13.0. The lowest BCUT2D eigenvalue weighted by Crippen LogP contribution is -2.44. The van der Waals surface area contributed by atoms with E-state index in [9.17, 15) is 8.42 Å². The first kappa shape index (κ1) is 15.5. The van der Waals surface area contributed by atoms with Crippen molar-refractivity contribution in [3.8, 4) is 0 Å². The fourth-order valence-electron chi connectivity index (χ4n) is 2.79. The van der Waals surface area contributed by atoms with Gasteiger partial charge in [-0.25, -0.2) is 13.1 Å². The van der Waals surface area contributed by atoms with Crippen molar-refractivity contribution in [2.45, 2.75) is 50.5 Å². The van der Waals surface area contributed by atoms with Crippen molar-refractivity contribution in [2.75, 3.05) is 6.54 Å². The molecule has 0 spiro atoms. The van der Waals surface area contributed by atoms with Crippen LogP contribution in [0.5, 0.6) is 0 Å². The van der Waals surface area contributed by atoms with Gasteiger partial charge in [-0.1, -0.05) is 18.9 Å². The summed E-state index contributed by atoms with van der Waals surface area (Å²) >= 11 is 0. The number of benzene rings is 1. The lowest BCUT2D eigenvalue weighted by Gasteiger charge is -2.31. The molecule has 5 heteroatoms. The Morgan fingerprint density at radius 1 is 1.20 bits per heavy atom. The van der Waals surface area contributed by atoms with Crippen molar-refractivity contribution in [1.82, 2.24) is 4.72 Å². The van der Waals surface area contributed by atoms with Gasteiger partial charge in [0.15, 0.2) is 0 Å². The first-order valence-corrected chi connectivity index (χ1v) is 8.72. The fourth-order valence-corrected chi connectivity index (χ4v) is 4.22. The van der Waals surface area contributed by atoms with E-state index in [-0.39, 0.29) is 12.0 Å². The molecule has 1 aromatic carbocycles. The lowest BCUT2D eigenvalue weighted by atomic mass is 9.85. The Kier molecular flexibility index (Phi) is 4.83. The molecule has 0 aromatic heterocycles. The van der Waals surface area contributed by atoms with Gasteiger partial charge < -0.3 is 5.73 Å². The topological polar surface area (TPSA) is 72.2 Å². The molecule has 1 aliphatic rings. The fraction of sp³-hybridized carbons (Fsp3) is 0.600. The van der Waals surface area contributed by atoms with Gasteiger partial charge in [-0.3, -0.25) is 0 Å². The summed E-state index contributed by atoms with van der Waals surface area (Å²) in [5.41, 5.74) is 7.85. The summed E-state index contributed by atoms with van der Waals surface area (Å²) in [6, 6.07) is 5.23. The van der Waals surface area contributed by atoms with Gasteiger partial charge in [0, 0.05) is 6.04 Å². The zero-order valence-electron chi connectivity index (χ0n) is 12.2. The van der Waals surface area contributed by atoms with E-state index in [0.717, 1.165) is 36.8 Å². The van der Waals surface area contributed by atoms with Crippen LogP contribution >= 0.6 is 0 Å². The molecule has 3 N–H and O–H groups in total. The van der Waals surface area contributed by atoms with Gasteiger partial charge in [0.05, 0.1) is 4.90 Å². The van der Waals surface area contributed by atoms with Crippen LogP contribution in [0.25, 0.3) is 0 Å². The SMILES string of the molecule is Cc1ccc(S(=O)(=O)NC2CCCCC2CN)cc1C. The Balaban J connectivity index is 2.19. The summed E-state index contributed by atoms with van der Waals surface area (Å²) in [5, 5.41) is 0. The molecule has 1 aliphatic carbocycles. The molecule has 0 saturated heterocycles. The van der Waals surface area contributed by atoms with E-state index in [1.807, 2.05) is 19.9 Å². The number of hydrogen-bond acceptors (Lipinski definition) is 3. The Bertz CT molecular complexity index is 569. The number of nitrogens with one attached hydrogen (secondary N) is 1. The van der Waals surface area contributed by atoms with E-state index in [1.165, 1.54) is 0 Å². The first-order valence-electron chi connectivity index (χ1n) is 7.23. The van der Waals surface area contributed by atoms with Crippen molar-refractivity contribution in [1.29, 1.82) is 0 Å². The van der Waals surface area contributed by atoms with E-state index in [0.29, 0.717) is 11.4 Å². The van der Waals surface area contributed by atoms with Crippen LogP contribution in [0.3, 0.4) is 0 Å². The number of hydrogen-bond donors (Lipinski definition) is 2. The van der Waals surface area contributed by atoms with E-state index in [1.54, 1.807) is 12.1 Å². The maximum Gasteiger partial charge on any atom is 0.240 e. The van der Waals surface area contributed by atoms with Crippen LogP contribution in [0.4, 0.5) is 0 Å². The number of nitrogens with two attached hydrogens (primary N) is 1. The minimum Gasteiger partial charge on any atom is -0.330 e. The molecular weight excluding hydrogens is 272 g/mol. The molecule has 20 heavy (non-hydrogen) atoms. The van der Waals surface area contributed by atoms with E-state index < -0.39 is 10.0 Å². The maximum absolute atomic E-state index is 12.5. The van der Waals surface area contributed by atoms with E-state index in [2.05, 4.69) is 4.72 Å². The molecule has 1 fully saturated rings. The molecule has 112 valence electrons. The number of sulfonamides is 1. The van der Waals surface area contributed by atoms with Gasteiger partial charge in [0.1, 0.15) is 0 Å². The van der Waals surface area contributed by atoms with Gasteiger partial charge in [-0.15, -0.1) is 0 Å². The maximum atomic E-state index is 12.5. The average molecular weight is 296 g/mol. The summed E-state index contributed by atoms with van der Waals surface area (Å²) in [7, 11) is -3.45. The second-order valence-electron chi connectivity index (χ2n) is 5.75. The first-order chi connectivity index (χ1) is 9.44. The lowest BCUT2D eigenvalue weighted by molar-refractivity contribution is 0.296. The molecule has 1 aromatic rings. The largest absolute Gasteiger partial charge is 0.330 e. The minimum absolute atomic E-state index is 0.0274. The second-order valence-corrected chi connectivity index (χ2v) is 7.47. The quantitative estimate of drug-likeness (QED) is 0.893. The van der Waals surface area contributed by atoms with Crippen molar-refractivity contribution in [3.05, 3.63) is 29.3 Å². The third-order valence-corrected chi connectivity index (χ3v) is 5.79. The van der Waals surface area contributed by atoms with Crippen molar-refractivity contribution in [3.63, 3.8) is 0 Å². The van der Waals surface area contributed by atoms with Crippen LogP contribution in [-0.4, -0.2) is 21.0 Å². The monoisotopic (exact) mass is 296 g/mol. The van der Waals surface area contributed by atoms with Crippen LogP contribution in [0.1, 0.15) is 36.8 Å². The minimum atomic E-state index is -3.45. The molecule has 0 amide bonds. The average Bonchev–Trinajstić information content (AvgIpc) is 2.42. The highest BCUT2D eigenvalue weighted by atomic mass is 32.2. The second kappa shape index (κ2) is 6.24. The highest BCUT2D eigenvalue weighted by Gasteiger charge is 2.28. The van der Waals surface area contributed by atoms with Crippen molar-refractivity contribution in [2.24, 2.45) is 11.7 Å². The summed E-state index contributed by atoms with van der Waals surface area (Å²) in [4.78, 5) is 0.349. The molecule has 0 heterocycles. The Morgan fingerprint density at radius 2 is 1.90 bits per heavy atom.